The van der Waals surface area contributed by atoms with Gasteiger partial charge in [0, 0.05) is 12.7 Å². The summed E-state index contributed by atoms with van der Waals surface area (Å²) in [6.45, 7) is 1.85. The fourth-order valence-corrected chi connectivity index (χ4v) is 4.36. The molecule has 2 aromatic heterocycles. The van der Waals surface area contributed by atoms with Crippen LogP contribution in [0.25, 0.3) is 11.0 Å². The lowest BCUT2D eigenvalue weighted by Crippen LogP contribution is -2.23. The van der Waals surface area contributed by atoms with Crippen molar-refractivity contribution in [1.29, 1.82) is 0 Å². The van der Waals surface area contributed by atoms with Crippen molar-refractivity contribution in [2.45, 2.75) is 50.8 Å². The summed E-state index contributed by atoms with van der Waals surface area (Å²) in [7, 11) is 1.69. The van der Waals surface area contributed by atoms with Crippen molar-refractivity contribution in [2.75, 3.05) is 19.0 Å². The van der Waals surface area contributed by atoms with Crippen molar-refractivity contribution in [2.24, 2.45) is 0 Å². The number of aromatic nitrogens is 4. The molecule has 8 heteroatoms. The van der Waals surface area contributed by atoms with Crippen molar-refractivity contribution in [3.05, 3.63) is 35.7 Å². The Labute approximate surface area is 169 Å². The van der Waals surface area contributed by atoms with E-state index in [1.54, 1.807) is 13.3 Å². The average molecular weight is 394 g/mol. The Kier molecular flexibility index (Phi) is 4.81. The zero-order chi connectivity index (χ0) is 19.8. The highest BCUT2D eigenvalue weighted by molar-refractivity contribution is 5.76. The third-order valence-electron chi connectivity index (χ3n) is 6.00. The van der Waals surface area contributed by atoms with Gasteiger partial charge in [0.2, 0.25) is 5.95 Å². The molecule has 0 saturated heterocycles. The SMILES string of the molecule is COc1cc2c(cc1Nc1ncc3cnn([C@H]4CC[C@H](O)CC4)c3n1)CNCC2. The molecule has 1 aliphatic carbocycles. The standard InChI is InChI=1S/C21H26N6O2/c1-29-19-9-13-6-7-22-10-14(13)8-18(19)25-21-23-11-15-12-24-27(20(15)26-21)16-2-4-17(28)5-3-16/h8-9,11-12,16-17,22,28H,2-7,10H2,1H3,(H,23,25,26)/t16-,17-. The van der Waals surface area contributed by atoms with Gasteiger partial charge in [-0.05, 0) is 61.9 Å². The lowest BCUT2D eigenvalue weighted by atomic mass is 9.93. The van der Waals surface area contributed by atoms with Crippen molar-refractivity contribution >= 4 is 22.7 Å². The van der Waals surface area contributed by atoms with E-state index in [0.29, 0.717) is 5.95 Å². The quantitative estimate of drug-likeness (QED) is 0.626. The molecule has 0 atom stereocenters. The third-order valence-corrected chi connectivity index (χ3v) is 6.00. The minimum absolute atomic E-state index is 0.189. The first-order chi connectivity index (χ1) is 14.2. The first kappa shape index (κ1) is 18.3. The maximum Gasteiger partial charge on any atom is 0.229 e. The maximum absolute atomic E-state index is 9.80. The van der Waals surface area contributed by atoms with Gasteiger partial charge >= 0.3 is 0 Å². The summed E-state index contributed by atoms with van der Waals surface area (Å²) in [5, 5.41) is 22.0. The number of hydrogen-bond donors (Lipinski definition) is 3. The van der Waals surface area contributed by atoms with Crippen LogP contribution in [0.3, 0.4) is 0 Å². The Hall–Kier alpha value is -2.71. The highest BCUT2D eigenvalue weighted by Gasteiger charge is 2.23. The number of fused-ring (bicyclic) bond motifs is 2. The molecular formula is C21H26N6O2. The fourth-order valence-electron chi connectivity index (χ4n) is 4.36. The van der Waals surface area contributed by atoms with E-state index in [0.717, 1.165) is 67.7 Å². The topological polar surface area (TPSA) is 97.1 Å². The number of aliphatic hydroxyl groups excluding tert-OH is 1. The molecular weight excluding hydrogens is 368 g/mol. The second-order valence-electron chi connectivity index (χ2n) is 7.90. The Bertz CT molecular complexity index is 1030. The largest absolute Gasteiger partial charge is 0.495 e. The summed E-state index contributed by atoms with van der Waals surface area (Å²) in [5.74, 6) is 1.32. The summed E-state index contributed by atoms with van der Waals surface area (Å²) < 4.78 is 7.59. The van der Waals surface area contributed by atoms with Crippen LogP contribution in [-0.2, 0) is 13.0 Å². The molecule has 1 saturated carbocycles. The number of benzene rings is 1. The molecule has 0 unspecified atom stereocenters. The van der Waals surface area contributed by atoms with Crippen LogP contribution < -0.4 is 15.4 Å². The molecule has 0 amide bonds. The van der Waals surface area contributed by atoms with Crippen LogP contribution in [-0.4, -0.2) is 44.6 Å². The van der Waals surface area contributed by atoms with Gasteiger partial charge in [-0.3, -0.25) is 0 Å². The van der Waals surface area contributed by atoms with E-state index in [2.05, 4.69) is 32.8 Å². The first-order valence-corrected chi connectivity index (χ1v) is 10.3. The fraction of sp³-hybridized carbons (Fsp3) is 0.476. The number of aliphatic hydroxyl groups is 1. The predicted octanol–water partition coefficient (Wildman–Crippen LogP) is 2.70. The van der Waals surface area contributed by atoms with E-state index in [1.165, 1.54) is 11.1 Å². The third kappa shape index (κ3) is 3.54. The number of anilines is 2. The Morgan fingerprint density at radius 2 is 2.03 bits per heavy atom. The van der Waals surface area contributed by atoms with E-state index in [4.69, 9.17) is 9.72 Å². The Morgan fingerprint density at radius 3 is 2.86 bits per heavy atom. The summed E-state index contributed by atoms with van der Waals surface area (Å²) in [6.07, 6.45) is 7.88. The second kappa shape index (κ2) is 7.61. The zero-order valence-corrected chi connectivity index (χ0v) is 16.6. The molecule has 5 rings (SSSR count). The molecule has 1 fully saturated rings. The number of nitrogens with zero attached hydrogens (tertiary/aromatic N) is 4. The molecule has 0 spiro atoms. The van der Waals surface area contributed by atoms with Crippen molar-refractivity contribution < 1.29 is 9.84 Å². The van der Waals surface area contributed by atoms with E-state index >= 15 is 0 Å². The van der Waals surface area contributed by atoms with Gasteiger partial charge in [0.1, 0.15) is 5.75 Å². The summed E-state index contributed by atoms with van der Waals surface area (Å²) in [6, 6.07) is 4.49. The van der Waals surface area contributed by atoms with E-state index in [-0.39, 0.29) is 12.1 Å². The highest BCUT2D eigenvalue weighted by atomic mass is 16.5. The zero-order valence-electron chi connectivity index (χ0n) is 16.6. The van der Waals surface area contributed by atoms with Gasteiger partial charge in [-0.25, -0.2) is 9.67 Å². The molecule has 2 aliphatic rings. The summed E-state index contributed by atoms with van der Waals surface area (Å²) >= 11 is 0. The molecule has 1 aliphatic heterocycles. The molecule has 8 nitrogen and oxygen atoms in total. The summed E-state index contributed by atoms with van der Waals surface area (Å²) in [4.78, 5) is 9.23. The molecule has 29 heavy (non-hydrogen) atoms. The number of nitrogens with one attached hydrogen (secondary N) is 2. The van der Waals surface area contributed by atoms with E-state index in [9.17, 15) is 5.11 Å². The van der Waals surface area contributed by atoms with Crippen LogP contribution in [0.1, 0.15) is 42.9 Å². The van der Waals surface area contributed by atoms with Crippen LogP contribution >= 0.6 is 0 Å². The number of rotatable bonds is 4. The van der Waals surface area contributed by atoms with Crippen molar-refractivity contribution in [3.8, 4) is 5.75 Å². The van der Waals surface area contributed by atoms with Gasteiger partial charge < -0.3 is 20.5 Å². The Balaban J connectivity index is 1.46. The van der Waals surface area contributed by atoms with Gasteiger partial charge in [0.25, 0.3) is 0 Å². The maximum atomic E-state index is 9.80. The number of ether oxygens (including phenoxy) is 1. The molecule has 152 valence electrons. The first-order valence-electron chi connectivity index (χ1n) is 10.3. The van der Waals surface area contributed by atoms with Gasteiger partial charge in [-0.2, -0.15) is 10.1 Å². The van der Waals surface area contributed by atoms with E-state index in [1.807, 2.05) is 10.9 Å². The monoisotopic (exact) mass is 394 g/mol. The minimum atomic E-state index is -0.189. The molecule has 0 radical (unpaired) electrons. The second-order valence-corrected chi connectivity index (χ2v) is 7.90. The molecule has 3 aromatic rings. The van der Waals surface area contributed by atoms with Gasteiger partial charge in [0.05, 0.1) is 36.5 Å². The lowest BCUT2D eigenvalue weighted by molar-refractivity contribution is 0.109. The van der Waals surface area contributed by atoms with E-state index < -0.39 is 0 Å². The van der Waals surface area contributed by atoms with Crippen LogP contribution in [0, 0.1) is 0 Å². The van der Waals surface area contributed by atoms with Crippen LogP contribution in [0.15, 0.2) is 24.5 Å². The molecule has 1 aromatic carbocycles. The predicted molar refractivity (Wildman–Crippen MR) is 111 cm³/mol. The molecule has 0 bridgehead atoms. The smallest absolute Gasteiger partial charge is 0.229 e. The molecule has 3 heterocycles. The Morgan fingerprint density at radius 1 is 1.17 bits per heavy atom. The van der Waals surface area contributed by atoms with Crippen molar-refractivity contribution in [1.82, 2.24) is 25.1 Å². The van der Waals surface area contributed by atoms with Crippen molar-refractivity contribution in [3.63, 3.8) is 0 Å². The van der Waals surface area contributed by atoms with Crippen LogP contribution in [0.4, 0.5) is 11.6 Å². The van der Waals surface area contributed by atoms with Crippen LogP contribution in [0.2, 0.25) is 0 Å². The highest BCUT2D eigenvalue weighted by Crippen LogP contribution is 2.33. The van der Waals surface area contributed by atoms with Gasteiger partial charge in [-0.1, -0.05) is 0 Å². The average Bonchev–Trinajstić information content (AvgIpc) is 3.17. The van der Waals surface area contributed by atoms with Crippen LogP contribution in [0.5, 0.6) is 5.75 Å². The molecule has 3 N–H and O–H groups in total. The lowest BCUT2D eigenvalue weighted by Gasteiger charge is -2.25. The summed E-state index contributed by atoms with van der Waals surface area (Å²) in [5.41, 5.74) is 4.27. The number of methoxy groups -OCH3 is 1. The van der Waals surface area contributed by atoms with Gasteiger partial charge in [0.15, 0.2) is 5.65 Å². The number of hydrogen-bond acceptors (Lipinski definition) is 7. The minimum Gasteiger partial charge on any atom is -0.495 e. The van der Waals surface area contributed by atoms with Gasteiger partial charge in [-0.15, -0.1) is 0 Å². The normalized spacial score (nSPS) is 21.7.